The monoisotopic (exact) mass is 201 g/mol. The summed E-state index contributed by atoms with van der Waals surface area (Å²) < 4.78 is 1.88. The number of nitrogens with two attached hydrogens (primary N) is 1. The largest absolute Gasteiger partial charge is 0.382 e. The van der Waals surface area contributed by atoms with Crippen molar-refractivity contribution in [3.8, 4) is 5.69 Å². The second kappa shape index (κ2) is 3.42. The first-order valence-corrected chi connectivity index (χ1v) is 4.97. The molecule has 1 aromatic heterocycles. The Balaban J connectivity index is 2.59. The topological polar surface area (TPSA) is 43.8 Å². The molecule has 2 aromatic rings. The number of hydrogen-bond donors (Lipinski definition) is 1. The third kappa shape index (κ3) is 1.73. The SMILES string of the molecule is Cc1ccc(-n2nc(N)cc2C)c(C)c1. The fourth-order valence-electron chi connectivity index (χ4n) is 1.79. The maximum atomic E-state index is 5.66. The van der Waals surface area contributed by atoms with Crippen molar-refractivity contribution in [3.63, 3.8) is 0 Å². The van der Waals surface area contributed by atoms with E-state index < -0.39 is 0 Å². The van der Waals surface area contributed by atoms with Crippen LogP contribution in [0.15, 0.2) is 24.3 Å². The van der Waals surface area contributed by atoms with Crippen molar-refractivity contribution in [1.82, 2.24) is 9.78 Å². The fourth-order valence-corrected chi connectivity index (χ4v) is 1.79. The minimum absolute atomic E-state index is 0.562. The summed E-state index contributed by atoms with van der Waals surface area (Å²) in [7, 11) is 0. The molecule has 0 aliphatic rings. The second-order valence-corrected chi connectivity index (χ2v) is 3.91. The number of rotatable bonds is 1. The van der Waals surface area contributed by atoms with Gasteiger partial charge in [0, 0.05) is 11.8 Å². The van der Waals surface area contributed by atoms with Crippen LogP contribution in [0.25, 0.3) is 5.69 Å². The first-order chi connectivity index (χ1) is 7.08. The summed E-state index contributed by atoms with van der Waals surface area (Å²) in [5.41, 5.74) is 10.3. The molecule has 0 aliphatic heterocycles. The quantitative estimate of drug-likeness (QED) is 0.769. The molecule has 0 amide bonds. The van der Waals surface area contributed by atoms with E-state index in [2.05, 4.69) is 37.1 Å². The standard InChI is InChI=1S/C12H15N3/c1-8-4-5-11(9(2)6-8)15-10(3)7-12(13)14-15/h4-7H,1-3H3,(H2,13,14). The number of benzene rings is 1. The average molecular weight is 201 g/mol. The predicted octanol–water partition coefficient (Wildman–Crippen LogP) is 2.38. The lowest BCUT2D eigenvalue weighted by atomic mass is 10.1. The summed E-state index contributed by atoms with van der Waals surface area (Å²) in [4.78, 5) is 0. The molecule has 3 nitrogen and oxygen atoms in total. The van der Waals surface area contributed by atoms with E-state index >= 15 is 0 Å². The molecule has 15 heavy (non-hydrogen) atoms. The van der Waals surface area contributed by atoms with Crippen molar-refractivity contribution in [2.45, 2.75) is 20.8 Å². The van der Waals surface area contributed by atoms with Gasteiger partial charge < -0.3 is 5.73 Å². The van der Waals surface area contributed by atoms with Crippen molar-refractivity contribution < 1.29 is 0 Å². The highest BCUT2D eigenvalue weighted by molar-refractivity contribution is 5.45. The molecule has 0 aliphatic carbocycles. The third-order valence-electron chi connectivity index (χ3n) is 2.49. The van der Waals surface area contributed by atoms with E-state index in [0.29, 0.717) is 5.82 Å². The Labute approximate surface area is 89.5 Å². The molecule has 0 radical (unpaired) electrons. The molecule has 3 heteroatoms. The van der Waals surface area contributed by atoms with Gasteiger partial charge in [-0.1, -0.05) is 17.7 Å². The lowest BCUT2D eigenvalue weighted by Crippen LogP contribution is -2.01. The van der Waals surface area contributed by atoms with Crippen LogP contribution < -0.4 is 5.73 Å². The molecule has 1 aromatic carbocycles. The normalized spacial score (nSPS) is 10.6. The molecular formula is C12H15N3. The van der Waals surface area contributed by atoms with Gasteiger partial charge in [0.2, 0.25) is 0 Å². The van der Waals surface area contributed by atoms with E-state index in [9.17, 15) is 0 Å². The Morgan fingerprint density at radius 1 is 1.13 bits per heavy atom. The van der Waals surface area contributed by atoms with Crippen LogP contribution in [0, 0.1) is 20.8 Å². The molecule has 0 spiro atoms. The van der Waals surface area contributed by atoms with Crippen LogP contribution in [0.2, 0.25) is 0 Å². The fraction of sp³-hybridized carbons (Fsp3) is 0.250. The van der Waals surface area contributed by atoms with E-state index in [0.717, 1.165) is 11.4 Å². The Bertz CT molecular complexity index is 498. The van der Waals surface area contributed by atoms with Crippen molar-refractivity contribution in [1.29, 1.82) is 0 Å². The van der Waals surface area contributed by atoms with Crippen LogP contribution in [0.3, 0.4) is 0 Å². The Morgan fingerprint density at radius 2 is 1.87 bits per heavy atom. The van der Waals surface area contributed by atoms with Crippen LogP contribution in [0.5, 0.6) is 0 Å². The van der Waals surface area contributed by atoms with Gasteiger partial charge in [0.1, 0.15) is 5.82 Å². The van der Waals surface area contributed by atoms with Gasteiger partial charge in [-0.25, -0.2) is 4.68 Å². The van der Waals surface area contributed by atoms with E-state index in [1.54, 1.807) is 0 Å². The van der Waals surface area contributed by atoms with Gasteiger partial charge >= 0.3 is 0 Å². The van der Waals surface area contributed by atoms with Crippen molar-refractivity contribution in [3.05, 3.63) is 41.1 Å². The van der Waals surface area contributed by atoms with E-state index in [4.69, 9.17) is 5.73 Å². The molecule has 78 valence electrons. The first kappa shape index (κ1) is 9.77. The van der Waals surface area contributed by atoms with Gasteiger partial charge in [0.15, 0.2) is 0 Å². The van der Waals surface area contributed by atoms with Gasteiger partial charge in [0.05, 0.1) is 5.69 Å². The Kier molecular flexibility index (Phi) is 2.23. The highest BCUT2D eigenvalue weighted by atomic mass is 15.3. The van der Waals surface area contributed by atoms with Crippen LogP contribution in [-0.4, -0.2) is 9.78 Å². The summed E-state index contributed by atoms with van der Waals surface area (Å²) in [6.07, 6.45) is 0. The zero-order valence-electron chi connectivity index (χ0n) is 9.28. The first-order valence-electron chi connectivity index (χ1n) is 4.97. The van der Waals surface area contributed by atoms with Crippen molar-refractivity contribution >= 4 is 5.82 Å². The van der Waals surface area contributed by atoms with Crippen molar-refractivity contribution in [2.24, 2.45) is 0 Å². The lowest BCUT2D eigenvalue weighted by Gasteiger charge is -2.08. The number of nitrogens with zero attached hydrogens (tertiary/aromatic N) is 2. The molecule has 0 saturated heterocycles. The van der Waals surface area contributed by atoms with Crippen LogP contribution >= 0.6 is 0 Å². The number of aromatic nitrogens is 2. The maximum Gasteiger partial charge on any atom is 0.146 e. The molecule has 0 saturated carbocycles. The zero-order valence-corrected chi connectivity index (χ0v) is 9.28. The summed E-state index contributed by atoms with van der Waals surface area (Å²) >= 11 is 0. The molecule has 0 fully saturated rings. The number of aryl methyl sites for hydroxylation is 3. The van der Waals surface area contributed by atoms with Gasteiger partial charge in [0.25, 0.3) is 0 Å². The molecule has 0 atom stereocenters. The van der Waals surface area contributed by atoms with Gasteiger partial charge in [-0.3, -0.25) is 0 Å². The summed E-state index contributed by atoms with van der Waals surface area (Å²) in [5.74, 6) is 0.562. The number of hydrogen-bond acceptors (Lipinski definition) is 2. The lowest BCUT2D eigenvalue weighted by molar-refractivity contribution is 0.844. The van der Waals surface area contributed by atoms with Crippen molar-refractivity contribution in [2.75, 3.05) is 5.73 Å². The zero-order chi connectivity index (χ0) is 11.0. The Morgan fingerprint density at radius 3 is 2.40 bits per heavy atom. The Hall–Kier alpha value is -1.77. The van der Waals surface area contributed by atoms with E-state index in [1.807, 2.05) is 17.7 Å². The van der Waals surface area contributed by atoms with Gasteiger partial charge in [-0.15, -0.1) is 0 Å². The van der Waals surface area contributed by atoms with Gasteiger partial charge in [-0.05, 0) is 32.4 Å². The highest BCUT2D eigenvalue weighted by Crippen LogP contribution is 2.18. The maximum absolute atomic E-state index is 5.66. The van der Waals surface area contributed by atoms with Crippen LogP contribution in [-0.2, 0) is 0 Å². The minimum atomic E-state index is 0.562. The molecule has 0 unspecified atom stereocenters. The molecule has 1 heterocycles. The summed E-state index contributed by atoms with van der Waals surface area (Å²) in [5, 5.41) is 4.27. The minimum Gasteiger partial charge on any atom is -0.382 e. The molecule has 2 rings (SSSR count). The number of nitrogen functional groups attached to an aromatic ring is 1. The molecule has 2 N–H and O–H groups in total. The van der Waals surface area contributed by atoms with E-state index in [1.165, 1.54) is 11.1 Å². The van der Waals surface area contributed by atoms with Crippen LogP contribution in [0.4, 0.5) is 5.82 Å². The predicted molar refractivity (Wildman–Crippen MR) is 62.2 cm³/mol. The summed E-state index contributed by atoms with van der Waals surface area (Å²) in [6, 6.07) is 8.18. The molecular weight excluding hydrogens is 186 g/mol. The number of anilines is 1. The molecule has 0 bridgehead atoms. The van der Waals surface area contributed by atoms with E-state index in [-0.39, 0.29) is 0 Å². The average Bonchev–Trinajstić information content (AvgIpc) is 2.45. The smallest absolute Gasteiger partial charge is 0.146 e. The van der Waals surface area contributed by atoms with Crippen LogP contribution in [0.1, 0.15) is 16.8 Å². The third-order valence-corrected chi connectivity index (χ3v) is 2.49. The summed E-state index contributed by atoms with van der Waals surface area (Å²) in [6.45, 7) is 6.17. The highest BCUT2D eigenvalue weighted by Gasteiger charge is 2.06. The second-order valence-electron chi connectivity index (χ2n) is 3.91. The van der Waals surface area contributed by atoms with Gasteiger partial charge in [-0.2, -0.15) is 5.10 Å².